The SMILES string of the molecule is COC(=O)c1sc(C(C)(C)C)cc1NC(C)=O. The number of esters is 1. The lowest BCUT2D eigenvalue weighted by Crippen LogP contribution is -2.09. The molecule has 1 rings (SSSR count). The van der Waals surface area contributed by atoms with E-state index in [9.17, 15) is 9.59 Å². The first-order chi connectivity index (χ1) is 7.75. The molecule has 1 aromatic heterocycles. The van der Waals surface area contributed by atoms with Gasteiger partial charge >= 0.3 is 5.97 Å². The second-order valence-electron chi connectivity index (χ2n) is 4.78. The molecule has 0 spiro atoms. The predicted molar refractivity (Wildman–Crippen MR) is 68.7 cm³/mol. The highest BCUT2D eigenvalue weighted by Crippen LogP contribution is 2.35. The van der Waals surface area contributed by atoms with Crippen molar-refractivity contribution in [3.05, 3.63) is 15.8 Å². The Morgan fingerprint density at radius 2 is 1.94 bits per heavy atom. The number of hydrogen-bond acceptors (Lipinski definition) is 4. The van der Waals surface area contributed by atoms with Gasteiger partial charge in [0, 0.05) is 11.8 Å². The summed E-state index contributed by atoms with van der Waals surface area (Å²) in [7, 11) is 1.33. The standard InChI is InChI=1S/C12H17NO3S/c1-7(14)13-8-6-9(12(2,3)4)17-10(8)11(15)16-5/h6H,1-5H3,(H,13,14). The molecule has 94 valence electrons. The Kier molecular flexibility index (Phi) is 3.93. The fourth-order valence-corrected chi connectivity index (χ4v) is 2.38. The summed E-state index contributed by atoms with van der Waals surface area (Å²) in [4.78, 5) is 24.1. The second-order valence-corrected chi connectivity index (χ2v) is 5.83. The number of carbonyl (C=O) groups excluding carboxylic acids is 2. The van der Waals surface area contributed by atoms with E-state index in [0.717, 1.165) is 4.88 Å². The highest BCUT2D eigenvalue weighted by Gasteiger charge is 2.23. The van der Waals surface area contributed by atoms with E-state index in [1.54, 1.807) is 0 Å². The molecule has 5 heteroatoms. The quantitative estimate of drug-likeness (QED) is 0.827. The van der Waals surface area contributed by atoms with E-state index < -0.39 is 5.97 Å². The fraction of sp³-hybridized carbons (Fsp3) is 0.500. The number of amides is 1. The van der Waals surface area contributed by atoms with Crippen LogP contribution in [0.5, 0.6) is 0 Å². The van der Waals surface area contributed by atoms with Crippen molar-refractivity contribution in [1.29, 1.82) is 0 Å². The number of hydrogen-bond donors (Lipinski definition) is 1. The van der Waals surface area contributed by atoms with Crippen molar-refractivity contribution in [2.75, 3.05) is 12.4 Å². The van der Waals surface area contributed by atoms with Gasteiger partial charge < -0.3 is 10.1 Å². The van der Waals surface area contributed by atoms with Crippen molar-refractivity contribution in [3.63, 3.8) is 0 Å². The lowest BCUT2D eigenvalue weighted by Gasteiger charge is -2.15. The fourth-order valence-electron chi connectivity index (χ4n) is 1.29. The van der Waals surface area contributed by atoms with Crippen molar-refractivity contribution in [1.82, 2.24) is 0 Å². The molecule has 0 bridgehead atoms. The molecule has 4 nitrogen and oxygen atoms in total. The summed E-state index contributed by atoms with van der Waals surface area (Å²) in [5, 5.41) is 2.65. The Balaban J connectivity index is 3.21. The maximum atomic E-state index is 11.6. The summed E-state index contributed by atoms with van der Waals surface area (Å²) < 4.78 is 4.70. The van der Waals surface area contributed by atoms with Gasteiger partial charge in [0.1, 0.15) is 4.88 Å². The van der Waals surface area contributed by atoms with Gasteiger partial charge in [-0.3, -0.25) is 4.79 Å². The van der Waals surface area contributed by atoms with E-state index in [0.29, 0.717) is 10.6 Å². The molecule has 17 heavy (non-hydrogen) atoms. The van der Waals surface area contributed by atoms with Crippen molar-refractivity contribution >= 4 is 28.9 Å². The Morgan fingerprint density at radius 3 is 2.35 bits per heavy atom. The molecule has 1 N–H and O–H groups in total. The minimum atomic E-state index is -0.422. The molecule has 1 heterocycles. The number of nitrogens with one attached hydrogen (secondary N) is 1. The maximum Gasteiger partial charge on any atom is 0.350 e. The molecular weight excluding hydrogens is 238 g/mol. The van der Waals surface area contributed by atoms with E-state index in [2.05, 4.69) is 26.1 Å². The first-order valence-corrected chi connectivity index (χ1v) is 6.07. The molecule has 0 aliphatic carbocycles. The molecule has 0 aliphatic heterocycles. The van der Waals surface area contributed by atoms with E-state index in [1.165, 1.54) is 25.4 Å². The summed E-state index contributed by atoms with van der Waals surface area (Å²) in [6.07, 6.45) is 0. The minimum absolute atomic E-state index is 0.0653. The van der Waals surface area contributed by atoms with Crippen LogP contribution in [0, 0.1) is 0 Å². The average Bonchev–Trinajstić information content (AvgIpc) is 2.59. The number of ether oxygens (including phenoxy) is 1. The van der Waals surface area contributed by atoms with E-state index in [4.69, 9.17) is 4.74 Å². The molecule has 0 radical (unpaired) electrons. The monoisotopic (exact) mass is 255 g/mol. The second kappa shape index (κ2) is 4.87. The van der Waals surface area contributed by atoms with Crippen LogP contribution in [-0.2, 0) is 14.9 Å². The van der Waals surface area contributed by atoms with Crippen LogP contribution >= 0.6 is 11.3 Å². The molecule has 1 amide bonds. The molecule has 0 aliphatic rings. The van der Waals surface area contributed by atoms with Gasteiger partial charge in [-0.1, -0.05) is 20.8 Å². The number of anilines is 1. The van der Waals surface area contributed by atoms with Gasteiger partial charge in [0.15, 0.2) is 0 Å². The molecule has 0 atom stereocenters. The van der Waals surface area contributed by atoms with Crippen LogP contribution in [0.4, 0.5) is 5.69 Å². The third-order valence-corrected chi connectivity index (χ3v) is 3.69. The van der Waals surface area contributed by atoms with Crippen LogP contribution in [-0.4, -0.2) is 19.0 Å². The lowest BCUT2D eigenvalue weighted by atomic mass is 9.94. The van der Waals surface area contributed by atoms with Gasteiger partial charge in [0.05, 0.1) is 12.8 Å². The molecule has 0 fully saturated rings. The van der Waals surface area contributed by atoms with Gasteiger partial charge in [0.2, 0.25) is 5.91 Å². The van der Waals surface area contributed by atoms with Crippen molar-refractivity contribution in [2.24, 2.45) is 0 Å². The first-order valence-electron chi connectivity index (χ1n) is 5.26. The van der Waals surface area contributed by atoms with Crippen LogP contribution < -0.4 is 5.32 Å². The summed E-state index contributed by atoms with van der Waals surface area (Å²) in [6.45, 7) is 7.57. The number of rotatable bonds is 2. The molecular formula is C12H17NO3S. The zero-order valence-corrected chi connectivity index (χ0v) is 11.5. The first kappa shape index (κ1) is 13.7. The Hall–Kier alpha value is -1.36. The van der Waals surface area contributed by atoms with Gasteiger partial charge in [0.25, 0.3) is 0 Å². The lowest BCUT2D eigenvalue weighted by molar-refractivity contribution is -0.114. The Morgan fingerprint density at radius 1 is 1.35 bits per heavy atom. The van der Waals surface area contributed by atoms with Crippen LogP contribution in [0.3, 0.4) is 0 Å². The molecule has 0 unspecified atom stereocenters. The van der Waals surface area contributed by atoms with Crippen molar-refractivity contribution < 1.29 is 14.3 Å². The van der Waals surface area contributed by atoms with E-state index >= 15 is 0 Å². The summed E-state index contributed by atoms with van der Waals surface area (Å²) in [6, 6.07) is 1.83. The molecule has 0 aromatic carbocycles. The highest BCUT2D eigenvalue weighted by atomic mass is 32.1. The van der Waals surface area contributed by atoms with Crippen molar-refractivity contribution in [2.45, 2.75) is 33.1 Å². The third kappa shape index (κ3) is 3.30. The zero-order chi connectivity index (χ0) is 13.2. The summed E-state index contributed by atoms with van der Waals surface area (Å²) in [5.41, 5.74) is 0.462. The largest absolute Gasteiger partial charge is 0.465 e. The third-order valence-electron chi connectivity index (χ3n) is 2.15. The van der Waals surface area contributed by atoms with Gasteiger partial charge in [-0.2, -0.15) is 0 Å². The molecule has 1 aromatic rings. The summed E-state index contributed by atoms with van der Waals surface area (Å²) >= 11 is 1.35. The maximum absolute atomic E-state index is 11.6. The van der Waals surface area contributed by atoms with Crippen LogP contribution in [0.2, 0.25) is 0 Å². The van der Waals surface area contributed by atoms with Crippen molar-refractivity contribution in [3.8, 4) is 0 Å². The van der Waals surface area contributed by atoms with Crippen LogP contribution in [0.1, 0.15) is 42.2 Å². The highest BCUT2D eigenvalue weighted by molar-refractivity contribution is 7.14. The minimum Gasteiger partial charge on any atom is -0.465 e. The number of carbonyl (C=O) groups is 2. The Labute approximate surface area is 105 Å². The predicted octanol–water partition coefficient (Wildman–Crippen LogP) is 2.79. The molecule has 0 saturated carbocycles. The van der Waals surface area contributed by atoms with Gasteiger partial charge in [-0.05, 0) is 11.5 Å². The van der Waals surface area contributed by atoms with Crippen LogP contribution in [0.15, 0.2) is 6.07 Å². The van der Waals surface area contributed by atoms with Gasteiger partial charge in [-0.15, -0.1) is 11.3 Å². The Bertz CT molecular complexity index is 443. The topological polar surface area (TPSA) is 55.4 Å². The number of thiophene rings is 1. The van der Waals surface area contributed by atoms with E-state index in [1.807, 2.05) is 6.07 Å². The van der Waals surface area contributed by atoms with E-state index in [-0.39, 0.29) is 11.3 Å². The molecule has 0 saturated heterocycles. The normalized spacial score (nSPS) is 11.1. The summed E-state index contributed by atoms with van der Waals surface area (Å²) in [5.74, 6) is -0.623. The van der Waals surface area contributed by atoms with Gasteiger partial charge in [-0.25, -0.2) is 4.79 Å². The average molecular weight is 255 g/mol. The smallest absolute Gasteiger partial charge is 0.350 e. The zero-order valence-electron chi connectivity index (χ0n) is 10.7. The number of methoxy groups -OCH3 is 1. The van der Waals surface area contributed by atoms with Crippen LogP contribution in [0.25, 0.3) is 0 Å².